The first-order valence-electron chi connectivity index (χ1n) is 6.50. The molecule has 0 aliphatic carbocycles. The third-order valence-corrected chi connectivity index (χ3v) is 5.63. The number of fused-ring (bicyclic) bond motifs is 1. The first-order chi connectivity index (χ1) is 10.5. The maximum atomic E-state index is 12.7. The van der Waals surface area contributed by atoms with Gasteiger partial charge in [0.1, 0.15) is 5.52 Å². The number of methoxy groups -OCH3 is 1. The highest BCUT2D eigenvalue weighted by molar-refractivity contribution is 14.1. The van der Waals surface area contributed by atoms with Gasteiger partial charge in [-0.05, 0) is 34.2 Å². The van der Waals surface area contributed by atoms with Crippen LogP contribution in [0, 0.1) is 3.57 Å². The number of nitrogens with zero attached hydrogens (tertiary/aromatic N) is 2. The van der Waals surface area contributed by atoms with Crippen LogP contribution in [0.3, 0.4) is 0 Å². The quantitative estimate of drug-likeness (QED) is 0.600. The average Bonchev–Trinajstić information content (AvgIpc) is 2.85. The first kappa shape index (κ1) is 15.3. The number of hydrogen-bond acceptors (Lipinski definition) is 4. The van der Waals surface area contributed by atoms with Gasteiger partial charge < -0.3 is 4.74 Å². The predicted octanol–water partition coefficient (Wildman–Crippen LogP) is 3.03. The van der Waals surface area contributed by atoms with Crippen molar-refractivity contribution >= 4 is 43.6 Å². The normalized spacial score (nSPS) is 11.7. The van der Waals surface area contributed by atoms with Crippen molar-refractivity contribution in [3.05, 3.63) is 57.8 Å². The van der Waals surface area contributed by atoms with Gasteiger partial charge in [0.15, 0.2) is 0 Å². The lowest BCUT2D eigenvalue weighted by Gasteiger charge is -2.07. The van der Waals surface area contributed by atoms with Crippen LogP contribution in [-0.2, 0) is 15.8 Å². The van der Waals surface area contributed by atoms with Gasteiger partial charge in [0.05, 0.1) is 21.9 Å². The SMILES string of the molecule is COc1ccc2c(n1)c(I)cn2S(=O)(=O)Cc1ccccc1. The van der Waals surface area contributed by atoms with Crippen LogP contribution < -0.4 is 4.74 Å². The van der Waals surface area contributed by atoms with E-state index in [4.69, 9.17) is 4.74 Å². The molecule has 0 spiro atoms. The van der Waals surface area contributed by atoms with Crippen molar-refractivity contribution in [1.29, 1.82) is 0 Å². The van der Waals surface area contributed by atoms with Crippen LogP contribution in [0.4, 0.5) is 0 Å². The van der Waals surface area contributed by atoms with E-state index in [-0.39, 0.29) is 5.75 Å². The van der Waals surface area contributed by atoms with Crippen LogP contribution in [0.15, 0.2) is 48.7 Å². The molecule has 0 aliphatic rings. The lowest BCUT2D eigenvalue weighted by Crippen LogP contribution is -2.14. The molecule has 114 valence electrons. The summed E-state index contributed by atoms with van der Waals surface area (Å²) in [5, 5.41) is 0. The fourth-order valence-electron chi connectivity index (χ4n) is 2.22. The first-order valence-corrected chi connectivity index (χ1v) is 9.19. The van der Waals surface area contributed by atoms with Crippen molar-refractivity contribution in [2.24, 2.45) is 0 Å². The van der Waals surface area contributed by atoms with E-state index in [2.05, 4.69) is 27.6 Å². The van der Waals surface area contributed by atoms with Gasteiger partial charge in [0.2, 0.25) is 15.9 Å². The predicted molar refractivity (Wildman–Crippen MR) is 93.5 cm³/mol. The minimum atomic E-state index is -3.51. The molecule has 1 aromatic carbocycles. The summed E-state index contributed by atoms with van der Waals surface area (Å²) in [6.45, 7) is 0. The zero-order valence-corrected chi connectivity index (χ0v) is 14.7. The van der Waals surface area contributed by atoms with E-state index in [9.17, 15) is 8.42 Å². The van der Waals surface area contributed by atoms with Crippen LogP contribution in [0.5, 0.6) is 5.88 Å². The molecule has 0 aliphatic heterocycles. The molecule has 0 saturated carbocycles. The Balaban J connectivity index is 2.09. The monoisotopic (exact) mass is 428 g/mol. The minimum Gasteiger partial charge on any atom is -0.481 e. The molecule has 3 rings (SSSR count). The van der Waals surface area contributed by atoms with Crippen molar-refractivity contribution in [1.82, 2.24) is 8.96 Å². The number of rotatable bonds is 4. The van der Waals surface area contributed by atoms with Gasteiger partial charge in [-0.25, -0.2) is 17.4 Å². The molecule has 3 aromatic rings. The molecule has 0 unspecified atom stereocenters. The van der Waals surface area contributed by atoms with Gasteiger partial charge >= 0.3 is 0 Å². The second kappa shape index (κ2) is 5.88. The second-order valence-corrected chi connectivity index (χ2v) is 7.74. The molecule has 22 heavy (non-hydrogen) atoms. The summed E-state index contributed by atoms with van der Waals surface area (Å²) in [5.74, 6) is 0.406. The molecular weight excluding hydrogens is 415 g/mol. The van der Waals surface area contributed by atoms with Crippen LogP contribution in [0.25, 0.3) is 11.0 Å². The van der Waals surface area contributed by atoms with Crippen molar-refractivity contribution < 1.29 is 13.2 Å². The summed E-state index contributed by atoms with van der Waals surface area (Å²) < 4.78 is 32.5. The lowest BCUT2D eigenvalue weighted by atomic mass is 10.2. The second-order valence-electron chi connectivity index (χ2n) is 4.74. The van der Waals surface area contributed by atoms with Gasteiger partial charge in [-0.15, -0.1) is 0 Å². The Morgan fingerprint density at radius 3 is 2.59 bits per heavy atom. The lowest BCUT2D eigenvalue weighted by molar-refractivity contribution is 0.399. The maximum Gasteiger partial charge on any atom is 0.243 e. The van der Waals surface area contributed by atoms with Gasteiger partial charge in [-0.2, -0.15) is 0 Å². The van der Waals surface area contributed by atoms with E-state index in [1.54, 1.807) is 30.5 Å². The van der Waals surface area contributed by atoms with Crippen LogP contribution in [0.1, 0.15) is 5.56 Å². The van der Waals surface area contributed by atoms with Crippen molar-refractivity contribution in [2.45, 2.75) is 5.75 Å². The summed E-state index contributed by atoms with van der Waals surface area (Å²) in [5.41, 5.74) is 1.93. The minimum absolute atomic E-state index is 0.0558. The van der Waals surface area contributed by atoms with Crippen LogP contribution in [-0.4, -0.2) is 24.5 Å². The molecule has 7 heteroatoms. The number of pyridine rings is 1. The molecular formula is C15H13IN2O3S. The maximum absolute atomic E-state index is 12.7. The Hall–Kier alpha value is -1.61. The Bertz CT molecular complexity index is 921. The standard InChI is InChI=1S/C15H13IN2O3S/c1-21-14-8-7-13-15(17-14)12(16)9-18(13)22(19,20)10-11-5-3-2-4-6-11/h2-9H,10H2,1H3. The number of benzene rings is 1. The highest BCUT2D eigenvalue weighted by atomic mass is 127. The van der Waals surface area contributed by atoms with E-state index in [1.807, 2.05) is 18.2 Å². The molecule has 0 bridgehead atoms. The summed E-state index contributed by atoms with van der Waals surface area (Å²) in [6.07, 6.45) is 1.59. The van der Waals surface area contributed by atoms with Gasteiger partial charge in [-0.3, -0.25) is 0 Å². The Kier molecular flexibility index (Phi) is 4.09. The van der Waals surface area contributed by atoms with Gasteiger partial charge in [0.25, 0.3) is 0 Å². The number of aromatic nitrogens is 2. The smallest absolute Gasteiger partial charge is 0.243 e. The third-order valence-electron chi connectivity index (χ3n) is 3.24. The molecule has 0 radical (unpaired) electrons. The Morgan fingerprint density at radius 2 is 1.91 bits per heavy atom. The molecule has 0 saturated heterocycles. The summed E-state index contributed by atoms with van der Waals surface area (Å²) in [6, 6.07) is 12.5. The van der Waals surface area contributed by atoms with E-state index in [1.165, 1.54) is 11.1 Å². The molecule has 0 fully saturated rings. The number of hydrogen-bond donors (Lipinski definition) is 0. The van der Waals surface area contributed by atoms with Gasteiger partial charge in [-0.1, -0.05) is 30.3 Å². The van der Waals surface area contributed by atoms with Crippen molar-refractivity contribution in [2.75, 3.05) is 7.11 Å². The van der Waals surface area contributed by atoms with Crippen molar-refractivity contribution in [3.63, 3.8) is 0 Å². The van der Waals surface area contributed by atoms with Gasteiger partial charge in [0, 0.05) is 12.3 Å². The number of ether oxygens (including phenoxy) is 1. The average molecular weight is 428 g/mol. The molecule has 5 nitrogen and oxygen atoms in total. The summed E-state index contributed by atoms with van der Waals surface area (Å²) in [7, 11) is -1.98. The van der Waals surface area contributed by atoms with E-state index < -0.39 is 10.0 Å². The van der Waals surface area contributed by atoms with E-state index in [0.717, 1.165) is 9.13 Å². The van der Waals surface area contributed by atoms with E-state index >= 15 is 0 Å². The zero-order valence-electron chi connectivity index (χ0n) is 11.7. The molecule has 0 atom stereocenters. The molecule has 2 aromatic heterocycles. The molecule has 2 heterocycles. The largest absolute Gasteiger partial charge is 0.481 e. The molecule has 0 N–H and O–H groups in total. The topological polar surface area (TPSA) is 61.2 Å². The van der Waals surface area contributed by atoms with Crippen LogP contribution in [0.2, 0.25) is 0 Å². The Labute approximate surface area is 142 Å². The van der Waals surface area contributed by atoms with E-state index in [0.29, 0.717) is 16.9 Å². The highest BCUT2D eigenvalue weighted by Crippen LogP contribution is 2.26. The fourth-order valence-corrected chi connectivity index (χ4v) is 4.55. The molecule has 0 amide bonds. The van der Waals surface area contributed by atoms with Crippen LogP contribution >= 0.6 is 22.6 Å². The zero-order chi connectivity index (χ0) is 15.7. The Morgan fingerprint density at radius 1 is 1.18 bits per heavy atom. The third kappa shape index (κ3) is 2.82. The number of halogens is 1. The summed E-state index contributed by atoms with van der Waals surface area (Å²) in [4.78, 5) is 4.32. The highest BCUT2D eigenvalue weighted by Gasteiger charge is 2.20. The fraction of sp³-hybridized carbons (Fsp3) is 0.133. The summed E-state index contributed by atoms with van der Waals surface area (Å²) >= 11 is 2.08. The van der Waals surface area contributed by atoms with Crippen molar-refractivity contribution in [3.8, 4) is 5.88 Å².